The van der Waals surface area contributed by atoms with E-state index in [0.717, 1.165) is 40.8 Å². The summed E-state index contributed by atoms with van der Waals surface area (Å²) >= 11 is 0. The highest BCUT2D eigenvalue weighted by molar-refractivity contribution is 5.83. The Balaban J connectivity index is 1.62. The van der Waals surface area contributed by atoms with Gasteiger partial charge < -0.3 is 20.4 Å². The van der Waals surface area contributed by atoms with E-state index in [1.807, 2.05) is 30.3 Å². The van der Waals surface area contributed by atoms with E-state index in [4.69, 9.17) is 4.42 Å². The molecule has 0 atom stereocenters. The Bertz CT molecular complexity index is 1140. The van der Waals surface area contributed by atoms with Crippen LogP contribution in [0.4, 0.5) is 23.2 Å². The van der Waals surface area contributed by atoms with Crippen LogP contribution in [-0.4, -0.2) is 32.8 Å². The molecule has 0 aliphatic heterocycles. The summed E-state index contributed by atoms with van der Waals surface area (Å²) in [7, 11) is 0. The molecule has 3 aromatic heterocycles. The predicted molar refractivity (Wildman–Crippen MR) is 120 cm³/mol. The van der Waals surface area contributed by atoms with Crippen LogP contribution in [0.15, 0.2) is 53.2 Å². The lowest BCUT2D eigenvalue weighted by Crippen LogP contribution is -2.11. The molecule has 8 heteroatoms. The van der Waals surface area contributed by atoms with Gasteiger partial charge >= 0.3 is 6.01 Å². The van der Waals surface area contributed by atoms with E-state index >= 15 is 0 Å². The van der Waals surface area contributed by atoms with Crippen LogP contribution in [0.25, 0.3) is 22.4 Å². The average Bonchev–Trinajstić information content (AvgIpc) is 3.20. The molecule has 0 saturated heterocycles. The highest BCUT2D eigenvalue weighted by Gasteiger charge is 2.15. The molecule has 0 bridgehead atoms. The van der Waals surface area contributed by atoms with Crippen molar-refractivity contribution in [1.82, 2.24) is 20.2 Å². The molecule has 0 fully saturated rings. The monoisotopic (exact) mass is 403 g/mol. The molecule has 154 valence electrons. The van der Waals surface area contributed by atoms with Crippen molar-refractivity contribution < 1.29 is 4.42 Å². The van der Waals surface area contributed by atoms with Crippen LogP contribution in [0.1, 0.15) is 27.2 Å². The van der Waals surface area contributed by atoms with E-state index in [9.17, 15) is 0 Å². The number of nitrogens with zero attached hydrogens (tertiary/aromatic N) is 4. The van der Waals surface area contributed by atoms with E-state index in [-0.39, 0.29) is 6.04 Å². The molecule has 0 radical (unpaired) electrons. The molecular formula is C22H25N7O. The zero-order valence-corrected chi connectivity index (χ0v) is 17.3. The summed E-state index contributed by atoms with van der Waals surface area (Å²) in [5, 5.41) is 19.2. The first-order valence-corrected chi connectivity index (χ1v) is 10.1. The topological polar surface area (TPSA) is 101 Å². The van der Waals surface area contributed by atoms with Gasteiger partial charge in [0, 0.05) is 42.1 Å². The highest BCUT2D eigenvalue weighted by atomic mass is 16.4. The minimum absolute atomic E-state index is 0.228. The quantitative estimate of drug-likeness (QED) is 0.375. The van der Waals surface area contributed by atoms with Gasteiger partial charge in [-0.3, -0.25) is 4.98 Å². The summed E-state index contributed by atoms with van der Waals surface area (Å²) in [5.41, 5.74) is 3.53. The van der Waals surface area contributed by atoms with Crippen LogP contribution in [-0.2, 0) is 0 Å². The highest BCUT2D eigenvalue weighted by Crippen LogP contribution is 2.31. The van der Waals surface area contributed by atoms with E-state index in [1.165, 1.54) is 0 Å². The van der Waals surface area contributed by atoms with Crippen LogP contribution in [0.2, 0.25) is 0 Å². The zero-order chi connectivity index (χ0) is 20.9. The first-order valence-electron chi connectivity index (χ1n) is 10.1. The predicted octanol–water partition coefficient (Wildman–Crippen LogP) is 5.07. The van der Waals surface area contributed by atoms with Crippen LogP contribution >= 0.6 is 0 Å². The van der Waals surface area contributed by atoms with E-state index < -0.39 is 0 Å². The second-order valence-corrected chi connectivity index (χ2v) is 7.29. The molecule has 0 unspecified atom stereocenters. The summed E-state index contributed by atoms with van der Waals surface area (Å²) in [6, 6.07) is 12.6. The molecule has 3 N–H and O–H groups in total. The minimum Gasteiger partial charge on any atom is -0.403 e. The molecule has 0 aliphatic carbocycles. The van der Waals surface area contributed by atoms with Crippen LogP contribution in [0, 0.1) is 0 Å². The van der Waals surface area contributed by atoms with Crippen molar-refractivity contribution in [3.8, 4) is 11.5 Å². The maximum absolute atomic E-state index is 5.76. The van der Waals surface area contributed by atoms with Gasteiger partial charge in [-0.2, -0.15) is 0 Å². The molecule has 3 heterocycles. The van der Waals surface area contributed by atoms with E-state index in [0.29, 0.717) is 17.7 Å². The van der Waals surface area contributed by atoms with Crippen molar-refractivity contribution in [3.05, 3.63) is 48.8 Å². The normalized spacial score (nSPS) is 11.1. The SMILES string of the molecule is CCCNc1nnc(-c2cnc(Nc3ccc4ncccc4c3)cc2NC(C)C)o1. The first-order chi connectivity index (χ1) is 14.6. The lowest BCUT2D eigenvalue weighted by molar-refractivity contribution is 0.580. The fraction of sp³-hybridized carbons (Fsp3) is 0.273. The number of nitrogens with one attached hydrogen (secondary N) is 3. The minimum atomic E-state index is 0.228. The lowest BCUT2D eigenvalue weighted by Gasteiger charge is -2.15. The summed E-state index contributed by atoms with van der Waals surface area (Å²) in [4.78, 5) is 8.91. The Labute approximate surface area is 175 Å². The van der Waals surface area contributed by atoms with Gasteiger partial charge in [-0.25, -0.2) is 4.98 Å². The molecular weight excluding hydrogens is 378 g/mol. The molecule has 4 aromatic rings. The Hall–Kier alpha value is -3.68. The van der Waals surface area contributed by atoms with Crippen LogP contribution < -0.4 is 16.0 Å². The number of benzene rings is 1. The molecule has 1 aromatic carbocycles. The summed E-state index contributed by atoms with van der Waals surface area (Å²) < 4.78 is 5.76. The third kappa shape index (κ3) is 4.48. The third-order valence-electron chi connectivity index (χ3n) is 4.41. The number of aromatic nitrogens is 4. The molecule has 0 aliphatic rings. The van der Waals surface area contributed by atoms with Gasteiger partial charge in [-0.05, 0) is 44.5 Å². The summed E-state index contributed by atoms with van der Waals surface area (Å²) in [6.45, 7) is 7.02. The smallest absolute Gasteiger partial charge is 0.315 e. The van der Waals surface area contributed by atoms with Crippen molar-refractivity contribution in [2.45, 2.75) is 33.2 Å². The number of anilines is 4. The van der Waals surface area contributed by atoms with Gasteiger partial charge in [0.25, 0.3) is 5.89 Å². The van der Waals surface area contributed by atoms with Gasteiger partial charge in [-0.15, -0.1) is 5.10 Å². The Kier molecular flexibility index (Phi) is 5.74. The van der Waals surface area contributed by atoms with Crippen molar-refractivity contribution in [1.29, 1.82) is 0 Å². The van der Waals surface area contributed by atoms with Crippen LogP contribution in [0.5, 0.6) is 0 Å². The van der Waals surface area contributed by atoms with Crippen molar-refractivity contribution >= 4 is 34.1 Å². The van der Waals surface area contributed by atoms with Gasteiger partial charge in [-0.1, -0.05) is 18.1 Å². The number of rotatable bonds is 8. The fourth-order valence-electron chi connectivity index (χ4n) is 3.06. The average molecular weight is 403 g/mol. The fourth-order valence-corrected chi connectivity index (χ4v) is 3.06. The van der Waals surface area contributed by atoms with E-state index in [1.54, 1.807) is 12.4 Å². The Morgan fingerprint density at radius 1 is 1.07 bits per heavy atom. The zero-order valence-electron chi connectivity index (χ0n) is 17.3. The Morgan fingerprint density at radius 2 is 1.97 bits per heavy atom. The standard InChI is InChI=1S/C22H25N7O/c1-4-9-24-22-29-28-21(30-22)17-13-25-20(12-19(17)26-14(2)3)27-16-7-8-18-15(11-16)6-5-10-23-18/h5-8,10-14H,4,9H2,1-3H3,(H,24,29)(H2,25,26,27). The third-order valence-corrected chi connectivity index (χ3v) is 4.41. The molecule has 0 spiro atoms. The van der Waals surface area contributed by atoms with Crippen LogP contribution in [0.3, 0.4) is 0 Å². The van der Waals surface area contributed by atoms with E-state index in [2.05, 4.69) is 63.0 Å². The summed E-state index contributed by atoms with van der Waals surface area (Å²) in [6.07, 6.45) is 4.51. The number of hydrogen-bond donors (Lipinski definition) is 3. The van der Waals surface area contributed by atoms with Crippen molar-refractivity contribution in [2.75, 3.05) is 22.5 Å². The molecule has 8 nitrogen and oxygen atoms in total. The second kappa shape index (κ2) is 8.77. The van der Waals surface area contributed by atoms with Gasteiger partial charge in [0.05, 0.1) is 16.8 Å². The number of fused-ring (bicyclic) bond motifs is 1. The lowest BCUT2D eigenvalue weighted by atomic mass is 10.2. The Morgan fingerprint density at radius 3 is 2.80 bits per heavy atom. The maximum atomic E-state index is 5.76. The molecule has 0 saturated carbocycles. The summed E-state index contributed by atoms with van der Waals surface area (Å²) in [5.74, 6) is 1.14. The van der Waals surface area contributed by atoms with Crippen molar-refractivity contribution in [2.24, 2.45) is 0 Å². The molecule has 30 heavy (non-hydrogen) atoms. The van der Waals surface area contributed by atoms with Gasteiger partial charge in [0.2, 0.25) is 0 Å². The van der Waals surface area contributed by atoms with Crippen molar-refractivity contribution in [3.63, 3.8) is 0 Å². The molecule has 0 amide bonds. The molecule has 4 rings (SSSR count). The number of hydrogen-bond acceptors (Lipinski definition) is 8. The van der Waals surface area contributed by atoms with Gasteiger partial charge in [0.1, 0.15) is 5.82 Å². The van der Waals surface area contributed by atoms with Gasteiger partial charge in [0.15, 0.2) is 0 Å². The maximum Gasteiger partial charge on any atom is 0.315 e. The largest absolute Gasteiger partial charge is 0.403 e. The second-order valence-electron chi connectivity index (χ2n) is 7.29. The number of pyridine rings is 2. The first kappa shape index (κ1) is 19.6.